The standard InChI is InChI=1S/C14H19FN2O3/c1-14(2,3)10(7-11(18)19)17-13(20)8-5-4-6-9(15)12(8)16/h4-6,10H,7,16H2,1-3H3,(H,17,20)(H,18,19). The van der Waals surface area contributed by atoms with Crippen molar-refractivity contribution >= 4 is 17.6 Å². The van der Waals surface area contributed by atoms with Gasteiger partial charge in [0.2, 0.25) is 0 Å². The molecule has 1 aromatic carbocycles. The van der Waals surface area contributed by atoms with E-state index in [2.05, 4.69) is 5.32 Å². The van der Waals surface area contributed by atoms with Crippen LogP contribution in [0.4, 0.5) is 10.1 Å². The average molecular weight is 282 g/mol. The fraction of sp³-hybridized carbons (Fsp3) is 0.429. The molecular formula is C14H19FN2O3. The Bertz CT molecular complexity index is 524. The van der Waals surface area contributed by atoms with E-state index in [1.54, 1.807) is 0 Å². The van der Waals surface area contributed by atoms with Crippen molar-refractivity contribution < 1.29 is 19.1 Å². The van der Waals surface area contributed by atoms with Crippen molar-refractivity contribution in [3.8, 4) is 0 Å². The van der Waals surface area contributed by atoms with Gasteiger partial charge in [-0.15, -0.1) is 0 Å². The fourth-order valence-corrected chi connectivity index (χ4v) is 1.72. The summed E-state index contributed by atoms with van der Waals surface area (Å²) in [6, 6.07) is 3.35. The summed E-state index contributed by atoms with van der Waals surface area (Å²) in [5.74, 6) is -2.27. The molecule has 1 unspecified atom stereocenters. The summed E-state index contributed by atoms with van der Waals surface area (Å²) in [7, 11) is 0. The molecule has 5 nitrogen and oxygen atoms in total. The zero-order valence-electron chi connectivity index (χ0n) is 11.7. The number of anilines is 1. The Morgan fingerprint density at radius 2 is 2.00 bits per heavy atom. The van der Waals surface area contributed by atoms with Gasteiger partial charge in [-0.25, -0.2) is 4.39 Å². The smallest absolute Gasteiger partial charge is 0.305 e. The molecule has 1 amide bonds. The molecule has 0 bridgehead atoms. The highest BCUT2D eigenvalue weighted by Gasteiger charge is 2.29. The summed E-state index contributed by atoms with van der Waals surface area (Å²) in [4.78, 5) is 23.0. The van der Waals surface area contributed by atoms with E-state index in [1.807, 2.05) is 20.8 Å². The number of carboxylic acids is 1. The molecule has 0 aliphatic heterocycles. The van der Waals surface area contributed by atoms with Gasteiger partial charge in [-0.1, -0.05) is 26.8 Å². The highest BCUT2D eigenvalue weighted by atomic mass is 19.1. The van der Waals surface area contributed by atoms with E-state index in [0.29, 0.717) is 0 Å². The molecule has 0 spiro atoms. The Balaban J connectivity index is 2.96. The summed E-state index contributed by atoms with van der Waals surface area (Å²) >= 11 is 0. The van der Waals surface area contributed by atoms with E-state index in [4.69, 9.17) is 10.8 Å². The first-order valence-electron chi connectivity index (χ1n) is 6.19. The molecule has 4 N–H and O–H groups in total. The van der Waals surface area contributed by atoms with Gasteiger partial charge in [0, 0.05) is 6.04 Å². The number of carbonyl (C=O) groups is 2. The van der Waals surface area contributed by atoms with Crippen LogP contribution in [-0.2, 0) is 4.79 Å². The molecule has 0 saturated carbocycles. The minimum absolute atomic E-state index is 0.00430. The molecular weight excluding hydrogens is 263 g/mol. The molecule has 110 valence electrons. The first kappa shape index (κ1) is 15.9. The van der Waals surface area contributed by atoms with Gasteiger partial charge < -0.3 is 16.2 Å². The van der Waals surface area contributed by atoms with E-state index in [-0.39, 0.29) is 17.7 Å². The molecule has 0 aromatic heterocycles. The second kappa shape index (κ2) is 5.90. The molecule has 0 fully saturated rings. The SMILES string of the molecule is CC(C)(C)C(CC(=O)O)NC(=O)c1cccc(F)c1N. The lowest BCUT2D eigenvalue weighted by Gasteiger charge is -2.30. The van der Waals surface area contributed by atoms with Gasteiger partial charge in [0.25, 0.3) is 5.91 Å². The molecule has 0 aliphatic carbocycles. The van der Waals surface area contributed by atoms with Crippen molar-refractivity contribution in [1.82, 2.24) is 5.32 Å². The first-order valence-corrected chi connectivity index (χ1v) is 6.19. The van der Waals surface area contributed by atoms with Crippen LogP contribution < -0.4 is 11.1 Å². The molecule has 20 heavy (non-hydrogen) atoms. The lowest BCUT2D eigenvalue weighted by Crippen LogP contribution is -2.45. The van der Waals surface area contributed by atoms with Crippen molar-refractivity contribution in [3.05, 3.63) is 29.6 Å². The van der Waals surface area contributed by atoms with Gasteiger partial charge in [-0.2, -0.15) is 0 Å². The number of carbonyl (C=O) groups excluding carboxylic acids is 1. The van der Waals surface area contributed by atoms with Crippen molar-refractivity contribution in [2.45, 2.75) is 33.2 Å². The van der Waals surface area contributed by atoms with E-state index in [1.165, 1.54) is 12.1 Å². The van der Waals surface area contributed by atoms with Crippen molar-refractivity contribution in [2.75, 3.05) is 5.73 Å². The zero-order chi connectivity index (χ0) is 15.5. The van der Waals surface area contributed by atoms with Crippen LogP contribution in [0.25, 0.3) is 0 Å². The largest absolute Gasteiger partial charge is 0.481 e. The molecule has 6 heteroatoms. The predicted octanol–water partition coefficient (Wildman–Crippen LogP) is 2.03. The van der Waals surface area contributed by atoms with Crippen LogP contribution in [0.15, 0.2) is 18.2 Å². The fourth-order valence-electron chi connectivity index (χ4n) is 1.72. The maximum absolute atomic E-state index is 13.3. The number of carboxylic acid groups (broad SMARTS) is 1. The van der Waals surface area contributed by atoms with Gasteiger partial charge in [0.15, 0.2) is 0 Å². The van der Waals surface area contributed by atoms with Crippen LogP contribution in [0.1, 0.15) is 37.6 Å². The Hall–Kier alpha value is -2.11. The van der Waals surface area contributed by atoms with Crippen molar-refractivity contribution in [1.29, 1.82) is 0 Å². The topological polar surface area (TPSA) is 92.4 Å². The minimum atomic E-state index is -1.02. The van der Waals surface area contributed by atoms with E-state index >= 15 is 0 Å². The maximum atomic E-state index is 13.3. The molecule has 1 aromatic rings. The number of para-hydroxylation sites is 1. The molecule has 0 aliphatic rings. The molecule has 1 rings (SSSR count). The number of benzene rings is 1. The Morgan fingerprint density at radius 1 is 1.40 bits per heavy atom. The molecule has 0 saturated heterocycles. The summed E-state index contributed by atoms with van der Waals surface area (Å²) in [5, 5.41) is 11.5. The van der Waals surface area contributed by atoms with Gasteiger partial charge >= 0.3 is 5.97 Å². The second-order valence-corrected chi connectivity index (χ2v) is 5.69. The van der Waals surface area contributed by atoms with Crippen LogP contribution >= 0.6 is 0 Å². The highest BCUT2D eigenvalue weighted by molar-refractivity contribution is 5.99. The van der Waals surface area contributed by atoms with Crippen LogP contribution in [0, 0.1) is 11.2 Å². The van der Waals surface area contributed by atoms with Crippen LogP contribution in [-0.4, -0.2) is 23.0 Å². The van der Waals surface area contributed by atoms with E-state index in [0.717, 1.165) is 6.07 Å². The summed E-state index contributed by atoms with van der Waals surface area (Å²) in [6.07, 6.45) is -0.218. The first-order chi connectivity index (χ1) is 9.12. The third kappa shape index (κ3) is 3.94. The van der Waals surface area contributed by atoms with Crippen LogP contribution in [0.3, 0.4) is 0 Å². The monoisotopic (exact) mass is 282 g/mol. The number of hydrogen-bond acceptors (Lipinski definition) is 3. The third-order valence-electron chi connectivity index (χ3n) is 3.03. The van der Waals surface area contributed by atoms with Gasteiger partial charge in [0.05, 0.1) is 17.7 Å². The van der Waals surface area contributed by atoms with Crippen molar-refractivity contribution in [2.24, 2.45) is 5.41 Å². The number of hydrogen-bond donors (Lipinski definition) is 3. The van der Waals surface area contributed by atoms with Crippen LogP contribution in [0.2, 0.25) is 0 Å². The predicted molar refractivity (Wildman–Crippen MR) is 73.8 cm³/mol. The second-order valence-electron chi connectivity index (χ2n) is 5.69. The maximum Gasteiger partial charge on any atom is 0.305 e. The Labute approximate surface area is 117 Å². The number of nitrogen functional groups attached to an aromatic ring is 1. The quantitative estimate of drug-likeness (QED) is 0.737. The van der Waals surface area contributed by atoms with E-state index in [9.17, 15) is 14.0 Å². The van der Waals surface area contributed by atoms with Gasteiger partial charge in [-0.3, -0.25) is 9.59 Å². The Morgan fingerprint density at radius 3 is 2.50 bits per heavy atom. The van der Waals surface area contributed by atoms with Crippen molar-refractivity contribution in [3.63, 3.8) is 0 Å². The minimum Gasteiger partial charge on any atom is -0.481 e. The van der Waals surface area contributed by atoms with Gasteiger partial charge in [-0.05, 0) is 17.5 Å². The average Bonchev–Trinajstić information content (AvgIpc) is 2.30. The highest BCUT2D eigenvalue weighted by Crippen LogP contribution is 2.23. The normalized spacial score (nSPS) is 12.8. The zero-order valence-corrected chi connectivity index (χ0v) is 11.7. The Kier molecular flexibility index (Phi) is 4.70. The number of nitrogens with two attached hydrogens (primary N) is 1. The number of halogens is 1. The molecule has 1 atom stereocenters. The van der Waals surface area contributed by atoms with E-state index < -0.39 is 29.2 Å². The number of rotatable bonds is 4. The number of nitrogens with one attached hydrogen (secondary N) is 1. The summed E-state index contributed by atoms with van der Waals surface area (Å²) < 4.78 is 13.3. The lowest BCUT2D eigenvalue weighted by molar-refractivity contribution is -0.138. The molecule has 0 heterocycles. The lowest BCUT2D eigenvalue weighted by atomic mass is 9.84. The summed E-state index contributed by atoms with van der Waals surface area (Å²) in [6.45, 7) is 5.45. The van der Waals surface area contributed by atoms with Gasteiger partial charge in [0.1, 0.15) is 5.82 Å². The number of aliphatic carboxylic acids is 1. The number of amides is 1. The summed E-state index contributed by atoms with van der Waals surface area (Å²) in [5.41, 5.74) is 4.83. The molecule has 0 radical (unpaired) electrons. The van der Waals surface area contributed by atoms with Crippen LogP contribution in [0.5, 0.6) is 0 Å². The third-order valence-corrected chi connectivity index (χ3v) is 3.03.